The molecule has 0 atom stereocenters. The molecule has 0 saturated heterocycles. The SMILES string of the molecule is Cc1ccc(NC(=O)CCSc2ccccc2)c(Br)c1. The fourth-order valence-electron chi connectivity index (χ4n) is 1.71. The Morgan fingerprint density at radius 1 is 1.20 bits per heavy atom. The van der Waals surface area contributed by atoms with E-state index < -0.39 is 0 Å². The van der Waals surface area contributed by atoms with Crippen molar-refractivity contribution in [3.8, 4) is 0 Å². The highest BCUT2D eigenvalue weighted by atomic mass is 79.9. The third-order valence-corrected chi connectivity index (χ3v) is 4.41. The molecule has 2 aromatic rings. The van der Waals surface area contributed by atoms with Crippen LogP contribution in [0.1, 0.15) is 12.0 Å². The number of rotatable bonds is 5. The van der Waals surface area contributed by atoms with E-state index >= 15 is 0 Å². The average Bonchev–Trinajstić information content (AvgIpc) is 2.43. The third-order valence-electron chi connectivity index (χ3n) is 2.74. The minimum absolute atomic E-state index is 0.0398. The minimum atomic E-state index is 0.0398. The van der Waals surface area contributed by atoms with Crippen LogP contribution in [0.3, 0.4) is 0 Å². The largest absolute Gasteiger partial charge is 0.325 e. The summed E-state index contributed by atoms with van der Waals surface area (Å²) in [6, 6.07) is 16.0. The molecule has 0 aliphatic carbocycles. The highest BCUT2D eigenvalue weighted by Gasteiger charge is 2.06. The summed E-state index contributed by atoms with van der Waals surface area (Å²) in [5.74, 6) is 0.817. The molecule has 0 heterocycles. The molecule has 0 fully saturated rings. The van der Waals surface area contributed by atoms with Crippen LogP contribution in [0.15, 0.2) is 57.9 Å². The number of hydrogen-bond acceptors (Lipinski definition) is 2. The molecule has 0 bridgehead atoms. The highest BCUT2D eigenvalue weighted by Crippen LogP contribution is 2.24. The van der Waals surface area contributed by atoms with Crippen molar-refractivity contribution in [2.24, 2.45) is 0 Å². The molecule has 0 unspecified atom stereocenters. The molecule has 2 aromatic carbocycles. The van der Waals surface area contributed by atoms with Crippen LogP contribution in [0, 0.1) is 6.92 Å². The van der Waals surface area contributed by atoms with Crippen molar-refractivity contribution >= 4 is 39.3 Å². The second-order valence-corrected chi connectivity index (χ2v) is 6.47. The van der Waals surface area contributed by atoms with Gasteiger partial charge in [-0.1, -0.05) is 24.3 Å². The number of anilines is 1. The first-order valence-corrected chi connectivity index (χ1v) is 8.17. The van der Waals surface area contributed by atoms with Crippen LogP contribution >= 0.6 is 27.7 Å². The maximum Gasteiger partial charge on any atom is 0.225 e. The zero-order valence-electron chi connectivity index (χ0n) is 11.2. The van der Waals surface area contributed by atoms with Gasteiger partial charge in [0.05, 0.1) is 5.69 Å². The second kappa shape index (κ2) is 7.50. The summed E-state index contributed by atoms with van der Waals surface area (Å²) >= 11 is 5.15. The fourth-order valence-corrected chi connectivity index (χ4v) is 3.18. The number of benzene rings is 2. The predicted octanol–water partition coefficient (Wildman–Crippen LogP) is 4.88. The second-order valence-electron chi connectivity index (χ2n) is 4.44. The first kappa shape index (κ1) is 15.1. The van der Waals surface area contributed by atoms with E-state index in [9.17, 15) is 4.79 Å². The smallest absolute Gasteiger partial charge is 0.225 e. The summed E-state index contributed by atoms with van der Waals surface area (Å²) in [5.41, 5.74) is 1.99. The number of nitrogens with one attached hydrogen (secondary N) is 1. The number of halogens is 1. The lowest BCUT2D eigenvalue weighted by molar-refractivity contribution is -0.115. The molecule has 0 aromatic heterocycles. The van der Waals surface area contributed by atoms with Crippen LogP contribution in [0.2, 0.25) is 0 Å². The zero-order valence-corrected chi connectivity index (χ0v) is 13.6. The molecule has 2 nitrogen and oxygen atoms in total. The van der Waals surface area contributed by atoms with Crippen LogP contribution in [-0.2, 0) is 4.79 Å². The summed E-state index contributed by atoms with van der Waals surface area (Å²) in [5, 5.41) is 2.92. The van der Waals surface area contributed by atoms with Crippen LogP contribution in [-0.4, -0.2) is 11.7 Å². The van der Waals surface area contributed by atoms with E-state index in [0.29, 0.717) is 6.42 Å². The molecule has 0 aliphatic rings. The van der Waals surface area contributed by atoms with Crippen molar-refractivity contribution in [3.63, 3.8) is 0 Å². The predicted molar refractivity (Wildman–Crippen MR) is 89.3 cm³/mol. The van der Waals surface area contributed by atoms with Gasteiger partial charge in [0.25, 0.3) is 0 Å². The molecule has 0 saturated carbocycles. The lowest BCUT2D eigenvalue weighted by Crippen LogP contribution is -2.12. The van der Waals surface area contributed by atoms with E-state index in [1.54, 1.807) is 11.8 Å². The normalized spacial score (nSPS) is 10.3. The first-order chi connectivity index (χ1) is 9.65. The Labute approximate surface area is 132 Å². The highest BCUT2D eigenvalue weighted by molar-refractivity contribution is 9.10. The van der Waals surface area contributed by atoms with Gasteiger partial charge < -0.3 is 5.32 Å². The Hall–Kier alpha value is -1.26. The molecule has 4 heteroatoms. The van der Waals surface area contributed by atoms with E-state index in [2.05, 4.69) is 33.4 Å². The van der Waals surface area contributed by atoms with Gasteiger partial charge in [0, 0.05) is 21.5 Å². The lowest BCUT2D eigenvalue weighted by Gasteiger charge is -2.08. The topological polar surface area (TPSA) is 29.1 Å². The number of thioether (sulfide) groups is 1. The number of hydrogen-bond donors (Lipinski definition) is 1. The molecular formula is C16H16BrNOS. The standard InChI is InChI=1S/C16H16BrNOS/c1-12-7-8-15(14(17)11-12)18-16(19)9-10-20-13-5-3-2-4-6-13/h2-8,11H,9-10H2,1H3,(H,18,19). The molecule has 0 radical (unpaired) electrons. The Morgan fingerprint density at radius 2 is 1.95 bits per heavy atom. The van der Waals surface area contributed by atoms with Gasteiger partial charge in [0.15, 0.2) is 0 Å². The van der Waals surface area contributed by atoms with Gasteiger partial charge in [-0.3, -0.25) is 4.79 Å². The van der Waals surface area contributed by atoms with Gasteiger partial charge >= 0.3 is 0 Å². The summed E-state index contributed by atoms with van der Waals surface area (Å²) in [6.07, 6.45) is 0.500. The van der Waals surface area contributed by atoms with Gasteiger partial charge in [-0.2, -0.15) is 0 Å². The molecule has 20 heavy (non-hydrogen) atoms. The Morgan fingerprint density at radius 3 is 2.65 bits per heavy atom. The maximum atomic E-state index is 11.9. The van der Waals surface area contributed by atoms with Gasteiger partial charge in [-0.15, -0.1) is 11.8 Å². The molecule has 1 N–H and O–H groups in total. The molecule has 0 spiro atoms. The fraction of sp³-hybridized carbons (Fsp3) is 0.188. The third kappa shape index (κ3) is 4.69. The van der Waals surface area contributed by atoms with Crippen molar-refractivity contribution < 1.29 is 4.79 Å². The van der Waals surface area contributed by atoms with Crippen molar-refractivity contribution in [2.45, 2.75) is 18.2 Å². The summed E-state index contributed by atoms with van der Waals surface area (Å²) in [4.78, 5) is 13.1. The lowest BCUT2D eigenvalue weighted by atomic mass is 10.2. The number of amides is 1. The minimum Gasteiger partial charge on any atom is -0.325 e. The van der Waals surface area contributed by atoms with Gasteiger partial charge in [-0.25, -0.2) is 0 Å². The van der Waals surface area contributed by atoms with Gasteiger partial charge in [0.1, 0.15) is 0 Å². The summed E-state index contributed by atoms with van der Waals surface area (Å²) < 4.78 is 0.918. The van der Waals surface area contributed by atoms with E-state index in [4.69, 9.17) is 0 Å². The number of carbonyl (C=O) groups excluding carboxylic acids is 1. The van der Waals surface area contributed by atoms with E-state index in [0.717, 1.165) is 21.5 Å². The molecular weight excluding hydrogens is 334 g/mol. The monoisotopic (exact) mass is 349 g/mol. The quantitative estimate of drug-likeness (QED) is 0.779. The van der Waals surface area contributed by atoms with Crippen molar-refractivity contribution in [1.29, 1.82) is 0 Å². The van der Waals surface area contributed by atoms with Crippen LogP contribution < -0.4 is 5.32 Å². The molecule has 0 aliphatic heterocycles. The van der Waals surface area contributed by atoms with Gasteiger partial charge in [-0.05, 0) is 52.7 Å². The number of carbonyl (C=O) groups is 1. The van der Waals surface area contributed by atoms with Crippen molar-refractivity contribution in [2.75, 3.05) is 11.1 Å². The van der Waals surface area contributed by atoms with Crippen LogP contribution in [0.4, 0.5) is 5.69 Å². The Balaban J connectivity index is 1.81. The zero-order chi connectivity index (χ0) is 14.4. The average molecular weight is 350 g/mol. The maximum absolute atomic E-state index is 11.9. The molecule has 2 rings (SSSR count). The van der Waals surface area contributed by atoms with E-state index in [1.165, 1.54) is 4.90 Å². The Kier molecular flexibility index (Phi) is 5.68. The Bertz CT molecular complexity index is 586. The van der Waals surface area contributed by atoms with Gasteiger partial charge in [0.2, 0.25) is 5.91 Å². The van der Waals surface area contributed by atoms with Crippen molar-refractivity contribution in [1.82, 2.24) is 0 Å². The van der Waals surface area contributed by atoms with Crippen LogP contribution in [0.25, 0.3) is 0 Å². The first-order valence-electron chi connectivity index (χ1n) is 6.39. The van der Waals surface area contributed by atoms with E-state index in [1.807, 2.05) is 43.3 Å². The molecule has 104 valence electrons. The number of aryl methyl sites for hydroxylation is 1. The molecule has 1 amide bonds. The summed E-state index contributed by atoms with van der Waals surface area (Å²) in [6.45, 7) is 2.02. The summed E-state index contributed by atoms with van der Waals surface area (Å²) in [7, 11) is 0. The van der Waals surface area contributed by atoms with Crippen LogP contribution in [0.5, 0.6) is 0 Å². The van der Waals surface area contributed by atoms with Crippen molar-refractivity contribution in [3.05, 3.63) is 58.6 Å². The van der Waals surface area contributed by atoms with E-state index in [-0.39, 0.29) is 5.91 Å².